The molecule has 19 heavy (non-hydrogen) atoms. The fourth-order valence-corrected chi connectivity index (χ4v) is 2.18. The second kappa shape index (κ2) is 4.65. The number of imidazole rings is 1. The minimum atomic E-state index is -0.335. The molecule has 0 fully saturated rings. The third-order valence-corrected chi connectivity index (χ3v) is 3.39. The molecule has 0 aliphatic rings. The number of nitrogens with one attached hydrogen (secondary N) is 3. The van der Waals surface area contributed by atoms with E-state index in [4.69, 9.17) is 0 Å². The smallest absolute Gasteiger partial charge is 0.289 e. The molecule has 3 rings (SSSR count). The lowest BCUT2D eigenvalue weighted by atomic mass is 10.3. The lowest BCUT2D eigenvalue weighted by Gasteiger charge is -1.96. The summed E-state index contributed by atoms with van der Waals surface area (Å²) in [6.07, 6.45) is 0. The average Bonchev–Trinajstić information content (AvgIpc) is 3.04. The molecule has 0 bridgehead atoms. The molecule has 0 saturated heterocycles. The van der Waals surface area contributed by atoms with E-state index in [9.17, 15) is 4.79 Å². The Balaban J connectivity index is 1.82. The summed E-state index contributed by atoms with van der Waals surface area (Å²) < 4.78 is 0. The van der Waals surface area contributed by atoms with Gasteiger partial charge in [0.25, 0.3) is 5.91 Å². The number of carbonyl (C=O) groups excluding carboxylic acids is 1. The lowest BCUT2D eigenvalue weighted by Crippen LogP contribution is -2.12. The van der Waals surface area contributed by atoms with Crippen LogP contribution in [-0.4, -0.2) is 33.1 Å². The quantitative estimate of drug-likeness (QED) is 0.675. The third kappa shape index (κ3) is 2.25. The lowest BCUT2D eigenvalue weighted by molar-refractivity contribution is 0.102. The highest BCUT2D eigenvalue weighted by atomic mass is 32.1. The van der Waals surface area contributed by atoms with Crippen molar-refractivity contribution < 1.29 is 4.79 Å². The molecule has 0 atom stereocenters. The van der Waals surface area contributed by atoms with E-state index in [0.717, 1.165) is 11.0 Å². The highest BCUT2D eigenvalue weighted by Gasteiger charge is 2.14. The normalized spacial score (nSPS) is 10.6. The predicted molar refractivity (Wildman–Crippen MR) is 73.5 cm³/mol. The van der Waals surface area contributed by atoms with Gasteiger partial charge in [0.15, 0.2) is 0 Å². The van der Waals surface area contributed by atoms with E-state index < -0.39 is 0 Å². The Labute approximate surface area is 112 Å². The van der Waals surface area contributed by atoms with Crippen LogP contribution in [0.5, 0.6) is 0 Å². The average molecular weight is 274 g/mol. The van der Waals surface area contributed by atoms with Gasteiger partial charge in [-0.05, 0) is 12.1 Å². The summed E-state index contributed by atoms with van der Waals surface area (Å²) in [5, 5.41) is 14.0. The summed E-state index contributed by atoms with van der Waals surface area (Å²) in [5.74, 6) is 0.0606. The van der Waals surface area contributed by atoms with E-state index in [2.05, 4.69) is 30.8 Å². The maximum atomic E-state index is 11.9. The van der Waals surface area contributed by atoms with Crippen LogP contribution in [-0.2, 0) is 0 Å². The molecule has 0 aliphatic heterocycles. The highest BCUT2D eigenvalue weighted by molar-refractivity contribution is 7.17. The van der Waals surface area contributed by atoms with Crippen LogP contribution < -0.4 is 10.6 Å². The second-order valence-corrected chi connectivity index (χ2v) is 4.70. The number of aromatic nitrogens is 4. The predicted octanol–water partition coefficient (Wildman–Crippen LogP) is 1.71. The Bertz CT molecular complexity index is 700. The number of anilines is 2. The van der Waals surface area contributed by atoms with Gasteiger partial charge in [-0.3, -0.25) is 10.1 Å². The topological polar surface area (TPSA) is 95.6 Å². The number of hydrogen-bond acceptors (Lipinski definition) is 6. The van der Waals surface area contributed by atoms with Crippen molar-refractivity contribution in [2.24, 2.45) is 0 Å². The largest absolute Gasteiger partial charge is 0.363 e. The molecule has 0 aliphatic carbocycles. The van der Waals surface area contributed by atoms with Gasteiger partial charge in [0.2, 0.25) is 16.1 Å². The van der Waals surface area contributed by atoms with Crippen LogP contribution in [0.2, 0.25) is 0 Å². The number of aromatic amines is 1. The summed E-state index contributed by atoms with van der Waals surface area (Å²) in [6.45, 7) is 0. The van der Waals surface area contributed by atoms with Crippen molar-refractivity contribution in [3.63, 3.8) is 0 Å². The molecule has 1 aromatic carbocycles. The molecule has 3 N–H and O–H groups in total. The van der Waals surface area contributed by atoms with Crippen molar-refractivity contribution in [1.82, 2.24) is 20.2 Å². The summed E-state index contributed by atoms with van der Waals surface area (Å²) in [5.41, 5.74) is 1.66. The number of amides is 1. The molecule has 3 aromatic rings. The number of H-pyrrole nitrogens is 1. The van der Waals surface area contributed by atoms with Crippen LogP contribution >= 0.6 is 11.3 Å². The van der Waals surface area contributed by atoms with Gasteiger partial charge < -0.3 is 10.3 Å². The monoisotopic (exact) mass is 274 g/mol. The zero-order valence-electron chi connectivity index (χ0n) is 9.97. The highest BCUT2D eigenvalue weighted by Crippen LogP contribution is 2.17. The van der Waals surface area contributed by atoms with Crippen LogP contribution in [0.4, 0.5) is 11.1 Å². The number of hydrogen-bond donors (Lipinski definition) is 3. The van der Waals surface area contributed by atoms with Crippen LogP contribution in [0.3, 0.4) is 0 Å². The van der Waals surface area contributed by atoms with E-state index in [1.807, 2.05) is 24.3 Å². The molecule has 2 aromatic heterocycles. The maximum absolute atomic E-state index is 11.9. The summed E-state index contributed by atoms with van der Waals surface area (Å²) in [6, 6.07) is 7.54. The number of carbonyl (C=O) groups is 1. The number of para-hydroxylation sites is 2. The van der Waals surface area contributed by atoms with Gasteiger partial charge in [0, 0.05) is 7.05 Å². The van der Waals surface area contributed by atoms with E-state index in [1.165, 1.54) is 11.3 Å². The zero-order valence-corrected chi connectivity index (χ0v) is 10.8. The van der Waals surface area contributed by atoms with Crippen LogP contribution in [0.15, 0.2) is 24.3 Å². The fraction of sp³-hybridized carbons (Fsp3) is 0.0909. The van der Waals surface area contributed by atoms with E-state index >= 15 is 0 Å². The molecule has 1 amide bonds. The molecule has 0 spiro atoms. The summed E-state index contributed by atoms with van der Waals surface area (Å²) in [7, 11) is 1.72. The number of nitrogens with zero attached hydrogens (tertiary/aromatic N) is 3. The van der Waals surface area contributed by atoms with Crippen molar-refractivity contribution in [1.29, 1.82) is 0 Å². The van der Waals surface area contributed by atoms with Crippen molar-refractivity contribution in [3.05, 3.63) is 29.3 Å². The Morgan fingerprint density at radius 3 is 2.89 bits per heavy atom. The van der Waals surface area contributed by atoms with Crippen molar-refractivity contribution >= 4 is 39.4 Å². The van der Waals surface area contributed by atoms with Gasteiger partial charge in [-0.25, -0.2) is 4.98 Å². The van der Waals surface area contributed by atoms with Gasteiger partial charge in [-0.2, -0.15) is 0 Å². The van der Waals surface area contributed by atoms with E-state index in [-0.39, 0.29) is 10.9 Å². The number of rotatable bonds is 3. The molecule has 0 saturated carbocycles. The first-order valence-corrected chi connectivity index (χ1v) is 6.35. The first-order valence-electron chi connectivity index (χ1n) is 5.53. The Morgan fingerprint density at radius 2 is 2.16 bits per heavy atom. The minimum Gasteiger partial charge on any atom is -0.363 e. The molecule has 0 radical (unpaired) electrons. The van der Waals surface area contributed by atoms with Gasteiger partial charge in [-0.15, -0.1) is 10.2 Å². The number of fused-ring (bicyclic) bond motifs is 1. The van der Waals surface area contributed by atoms with Gasteiger partial charge in [-0.1, -0.05) is 23.5 Å². The standard InChI is InChI=1S/C11H10N6OS/c1-12-11-17-16-9(19-11)8(18)15-10-13-6-4-2-3-5-7(6)14-10/h2-5H,1H3,(H,12,17)(H2,13,14,15,18). The van der Waals surface area contributed by atoms with Gasteiger partial charge in [0.1, 0.15) is 0 Å². The first kappa shape index (κ1) is 11.6. The van der Waals surface area contributed by atoms with Gasteiger partial charge >= 0.3 is 0 Å². The molecule has 0 unspecified atom stereocenters. The second-order valence-electron chi connectivity index (χ2n) is 3.72. The number of benzene rings is 1. The molecule has 96 valence electrons. The van der Waals surface area contributed by atoms with E-state index in [1.54, 1.807) is 7.05 Å². The van der Waals surface area contributed by atoms with E-state index in [0.29, 0.717) is 11.1 Å². The first-order chi connectivity index (χ1) is 9.26. The van der Waals surface area contributed by atoms with Crippen LogP contribution in [0.25, 0.3) is 11.0 Å². The Hall–Kier alpha value is -2.48. The zero-order chi connectivity index (χ0) is 13.2. The molecule has 2 heterocycles. The third-order valence-electron chi connectivity index (χ3n) is 2.45. The molecular weight excluding hydrogens is 264 g/mol. The van der Waals surface area contributed by atoms with Crippen molar-refractivity contribution in [2.45, 2.75) is 0 Å². The van der Waals surface area contributed by atoms with Crippen LogP contribution in [0, 0.1) is 0 Å². The van der Waals surface area contributed by atoms with Crippen molar-refractivity contribution in [3.8, 4) is 0 Å². The van der Waals surface area contributed by atoms with Crippen LogP contribution in [0.1, 0.15) is 9.80 Å². The molecular formula is C11H10N6OS. The molecule has 7 nitrogen and oxygen atoms in total. The van der Waals surface area contributed by atoms with Crippen molar-refractivity contribution in [2.75, 3.05) is 17.7 Å². The molecule has 8 heteroatoms. The van der Waals surface area contributed by atoms with Gasteiger partial charge in [0.05, 0.1) is 11.0 Å². The maximum Gasteiger partial charge on any atom is 0.289 e. The SMILES string of the molecule is CNc1nnc(C(=O)Nc2nc3ccccc3[nH]2)s1. The minimum absolute atomic E-state index is 0.282. The summed E-state index contributed by atoms with van der Waals surface area (Å²) in [4.78, 5) is 19.2. The fourth-order valence-electron chi connectivity index (χ4n) is 1.59. The Morgan fingerprint density at radius 1 is 1.32 bits per heavy atom. The Kier molecular flexibility index (Phi) is 2.84. The summed E-state index contributed by atoms with van der Waals surface area (Å²) >= 11 is 1.18.